The first-order valence-corrected chi connectivity index (χ1v) is 11.8. The quantitative estimate of drug-likeness (QED) is 0.833. The molecular weight excluding hydrogens is 380 g/mol. The van der Waals surface area contributed by atoms with Crippen molar-refractivity contribution in [1.82, 2.24) is 9.62 Å². The summed E-state index contributed by atoms with van der Waals surface area (Å²) in [6.07, 6.45) is 5.22. The van der Waals surface area contributed by atoms with Gasteiger partial charge in [0.1, 0.15) is 4.21 Å². The maximum atomic E-state index is 12.6. The lowest BCUT2D eigenvalue weighted by atomic mass is 10.0. The van der Waals surface area contributed by atoms with Crippen LogP contribution in [0.4, 0.5) is 0 Å². The van der Waals surface area contributed by atoms with E-state index in [0.717, 1.165) is 18.4 Å². The Bertz CT molecular complexity index is 915. The number of nitrogens with zero attached hydrogens (tertiary/aromatic N) is 1. The second kappa shape index (κ2) is 7.73. The van der Waals surface area contributed by atoms with Crippen LogP contribution in [0.25, 0.3) is 0 Å². The predicted molar refractivity (Wildman–Crippen MR) is 106 cm³/mol. The topological polar surface area (TPSA) is 66.5 Å². The summed E-state index contributed by atoms with van der Waals surface area (Å²) in [5, 5.41) is 1.76. The van der Waals surface area contributed by atoms with E-state index in [1.807, 2.05) is 4.90 Å². The number of carbonyl (C=O) groups excluding carboxylic acids is 1. The number of hydrogen-bond donors (Lipinski definition) is 1. The smallest absolute Gasteiger partial charge is 0.250 e. The van der Waals surface area contributed by atoms with E-state index in [-0.39, 0.29) is 11.9 Å². The number of likely N-dealkylation sites (tertiary alicyclic amines) is 1. The van der Waals surface area contributed by atoms with E-state index in [4.69, 9.17) is 0 Å². The average molecular weight is 405 g/mol. The predicted octanol–water partition coefficient (Wildman–Crippen LogP) is 2.75. The van der Waals surface area contributed by atoms with Gasteiger partial charge in [-0.05, 0) is 60.2 Å². The number of amides is 1. The van der Waals surface area contributed by atoms with E-state index in [2.05, 4.69) is 22.9 Å². The van der Waals surface area contributed by atoms with Gasteiger partial charge in [-0.3, -0.25) is 4.79 Å². The molecule has 0 radical (unpaired) electrons. The molecule has 1 aliphatic heterocycles. The highest BCUT2D eigenvalue weighted by molar-refractivity contribution is 7.91. The highest BCUT2D eigenvalue weighted by Crippen LogP contribution is 2.24. The Morgan fingerprint density at radius 2 is 1.93 bits per heavy atom. The zero-order valence-electron chi connectivity index (χ0n) is 15.2. The summed E-state index contributed by atoms with van der Waals surface area (Å²) in [4.78, 5) is 14.5. The molecule has 7 heteroatoms. The molecule has 0 atom stereocenters. The number of aryl methyl sites for hydroxylation is 2. The van der Waals surface area contributed by atoms with Gasteiger partial charge in [0, 0.05) is 19.1 Å². The lowest BCUT2D eigenvalue weighted by molar-refractivity contribution is -0.131. The van der Waals surface area contributed by atoms with Crippen molar-refractivity contribution >= 4 is 27.3 Å². The van der Waals surface area contributed by atoms with Gasteiger partial charge in [-0.15, -0.1) is 11.3 Å². The van der Waals surface area contributed by atoms with Crippen LogP contribution in [-0.4, -0.2) is 38.4 Å². The Morgan fingerprint density at radius 3 is 2.67 bits per heavy atom. The second-order valence-corrected chi connectivity index (χ2v) is 10.2. The third-order valence-electron chi connectivity index (χ3n) is 5.45. The molecule has 5 nitrogen and oxygen atoms in total. The van der Waals surface area contributed by atoms with E-state index >= 15 is 0 Å². The molecular formula is C20H24N2O3S2. The minimum Gasteiger partial charge on any atom is -0.342 e. The average Bonchev–Trinajstić information content (AvgIpc) is 3.34. The zero-order valence-corrected chi connectivity index (χ0v) is 16.8. The molecule has 1 aromatic carbocycles. The number of sulfonamides is 1. The van der Waals surface area contributed by atoms with E-state index < -0.39 is 10.0 Å². The van der Waals surface area contributed by atoms with Crippen LogP contribution in [0.3, 0.4) is 0 Å². The zero-order chi connectivity index (χ0) is 18.9. The maximum absolute atomic E-state index is 12.6. The van der Waals surface area contributed by atoms with Crippen LogP contribution >= 0.6 is 11.3 Å². The Morgan fingerprint density at radius 1 is 1.15 bits per heavy atom. The first-order chi connectivity index (χ1) is 13.0. The summed E-state index contributed by atoms with van der Waals surface area (Å²) in [5.74, 6) is 0.132. The molecule has 1 fully saturated rings. The van der Waals surface area contributed by atoms with Crippen LogP contribution in [0.15, 0.2) is 39.9 Å². The van der Waals surface area contributed by atoms with Crippen molar-refractivity contribution in [2.45, 2.75) is 48.8 Å². The van der Waals surface area contributed by atoms with Crippen LogP contribution in [-0.2, 0) is 34.1 Å². The van der Waals surface area contributed by atoms with E-state index in [1.165, 1.54) is 28.9 Å². The number of nitrogens with one attached hydrogen (secondary N) is 1. The number of hydrogen-bond acceptors (Lipinski definition) is 4. The van der Waals surface area contributed by atoms with Crippen molar-refractivity contribution in [3.8, 4) is 0 Å². The van der Waals surface area contributed by atoms with Gasteiger partial charge in [-0.25, -0.2) is 13.1 Å². The lowest BCUT2D eigenvalue weighted by Crippen LogP contribution is -2.46. The van der Waals surface area contributed by atoms with Gasteiger partial charge in [-0.1, -0.05) is 24.3 Å². The number of fused-ring (bicyclic) bond motifs is 1. The van der Waals surface area contributed by atoms with Gasteiger partial charge in [-0.2, -0.15) is 0 Å². The Balaban J connectivity index is 1.30. The van der Waals surface area contributed by atoms with Crippen molar-refractivity contribution in [2.24, 2.45) is 0 Å². The first kappa shape index (κ1) is 18.7. The minimum atomic E-state index is -3.44. The van der Waals surface area contributed by atoms with Crippen LogP contribution in [0.2, 0.25) is 0 Å². The van der Waals surface area contributed by atoms with Gasteiger partial charge in [0.2, 0.25) is 15.9 Å². The van der Waals surface area contributed by atoms with E-state index in [1.54, 1.807) is 17.5 Å². The first-order valence-electron chi connectivity index (χ1n) is 9.45. The van der Waals surface area contributed by atoms with Crippen LogP contribution in [0.5, 0.6) is 0 Å². The van der Waals surface area contributed by atoms with Gasteiger partial charge >= 0.3 is 0 Å². The van der Waals surface area contributed by atoms with Crippen molar-refractivity contribution in [3.05, 3.63) is 52.4 Å². The molecule has 0 saturated carbocycles. The van der Waals surface area contributed by atoms with E-state index in [0.29, 0.717) is 36.6 Å². The summed E-state index contributed by atoms with van der Waals surface area (Å²) in [7, 11) is -3.44. The van der Waals surface area contributed by atoms with E-state index in [9.17, 15) is 13.2 Å². The Labute approximate surface area is 164 Å². The lowest BCUT2D eigenvalue weighted by Gasteiger charge is -2.32. The molecule has 2 aromatic rings. The third-order valence-corrected chi connectivity index (χ3v) is 8.37. The molecule has 1 saturated heterocycles. The molecule has 2 aliphatic rings. The third kappa shape index (κ3) is 4.25. The monoisotopic (exact) mass is 404 g/mol. The number of carbonyl (C=O) groups is 1. The van der Waals surface area contributed by atoms with Gasteiger partial charge < -0.3 is 4.90 Å². The highest BCUT2D eigenvalue weighted by Gasteiger charge is 2.27. The summed E-state index contributed by atoms with van der Waals surface area (Å²) in [5.41, 5.74) is 3.90. The van der Waals surface area contributed by atoms with Crippen LogP contribution in [0.1, 0.15) is 36.0 Å². The number of benzene rings is 1. The molecule has 27 heavy (non-hydrogen) atoms. The molecule has 0 unspecified atom stereocenters. The molecule has 1 N–H and O–H groups in total. The summed E-state index contributed by atoms with van der Waals surface area (Å²) in [6.45, 7) is 1.20. The molecule has 2 heterocycles. The molecule has 1 aromatic heterocycles. The molecule has 0 spiro atoms. The largest absolute Gasteiger partial charge is 0.342 e. The molecule has 0 bridgehead atoms. The SMILES string of the molecule is O=C(Cc1ccc2c(c1)CCC2)N1CCC(NS(=O)(=O)c2cccs2)CC1. The van der Waals surface area contributed by atoms with Crippen molar-refractivity contribution in [3.63, 3.8) is 0 Å². The molecule has 1 amide bonds. The van der Waals surface area contributed by atoms with Crippen LogP contribution in [0, 0.1) is 0 Å². The standard InChI is InChI=1S/C20H24N2O3S2/c23-19(14-15-6-7-16-3-1-4-17(16)13-15)22-10-8-18(9-11-22)21-27(24,25)20-5-2-12-26-20/h2,5-7,12-13,18,21H,1,3-4,8-11,14H2. The fourth-order valence-electron chi connectivity index (χ4n) is 3.96. The summed E-state index contributed by atoms with van der Waals surface area (Å²) in [6, 6.07) is 9.66. The molecule has 4 rings (SSSR count). The fraction of sp³-hybridized carbons (Fsp3) is 0.450. The molecule has 144 valence electrons. The summed E-state index contributed by atoms with van der Waals surface area (Å²) < 4.78 is 27.8. The highest BCUT2D eigenvalue weighted by atomic mass is 32.2. The van der Waals surface area contributed by atoms with Crippen molar-refractivity contribution in [1.29, 1.82) is 0 Å². The van der Waals surface area contributed by atoms with Gasteiger partial charge in [0.25, 0.3) is 0 Å². The Kier molecular flexibility index (Phi) is 5.34. The minimum absolute atomic E-state index is 0.110. The van der Waals surface area contributed by atoms with Crippen molar-refractivity contribution in [2.75, 3.05) is 13.1 Å². The Hall–Kier alpha value is -1.70. The number of piperidine rings is 1. The number of rotatable bonds is 5. The van der Waals surface area contributed by atoms with Gasteiger partial charge in [0.15, 0.2) is 0 Å². The fourth-order valence-corrected chi connectivity index (χ4v) is 6.28. The summed E-state index contributed by atoms with van der Waals surface area (Å²) >= 11 is 1.22. The maximum Gasteiger partial charge on any atom is 0.250 e. The second-order valence-electron chi connectivity index (χ2n) is 7.34. The normalized spacial score (nSPS) is 17.9. The van der Waals surface area contributed by atoms with Crippen molar-refractivity contribution < 1.29 is 13.2 Å². The number of thiophene rings is 1. The van der Waals surface area contributed by atoms with Crippen LogP contribution < -0.4 is 4.72 Å². The molecule has 1 aliphatic carbocycles. The van der Waals surface area contributed by atoms with Gasteiger partial charge in [0.05, 0.1) is 6.42 Å².